The van der Waals surface area contributed by atoms with Crippen LogP contribution in [0.2, 0.25) is 0 Å². The van der Waals surface area contributed by atoms with Crippen LogP contribution in [-0.4, -0.2) is 41.9 Å². The molecular formula is C20H36N2O2. The number of rotatable bonds is 11. The van der Waals surface area contributed by atoms with Crippen molar-refractivity contribution in [1.82, 2.24) is 9.80 Å². The summed E-state index contributed by atoms with van der Waals surface area (Å²) in [6, 6.07) is -0.295. The molecule has 1 aliphatic heterocycles. The highest BCUT2D eigenvalue weighted by atomic mass is 16.2. The summed E-state index contributed by atoms with van der Waals surface area (Å²) in [6.07, 6.45) is 13.3. The van der Waals surface area contributed by atoms with E-state index in [9.17, 15) is 9.59 Å². The van der Waals surface area contributed by atoms with Crippen molar-refractivity contribution >= 4 is 11.9 Å². The molecule has 24 heavy (non-hydrogen) atoms. The van der Waals surface area contributed by atoms with E-state index >= 15 is 0 Å². The predicted octanol–water partition coefficient (Wildman–Crippen LogP) is 4.99. The van der Waals surface area contributed by atoms with Crippen LogP contribution < -0.4 is 0 Å². The lowest BCUT2D eigenvalue weighted by atomic mass is 9.73. The SMILES string of the molecule is C=CC[C@@H]1N(C)C(=O)N(C)C(=O)[C@@]1(C)CCCCCCCCCC. The van der Waals surface area contributed by atoms with Gasteiger partial charge in [-0.1, -0.05) is 64.4 Å². The van der Waals surface area contributed by atoms with Crippen molar-refractivity contribution in [3.63, 3.8) is 0 Å². The van der Waals surface area contributed by atoms with Crippen molar-refractivity contribution in [2.24, 2.45) is 5.41 Å². The van der Waals surface area contributed by atoms with E-state index in [4.69, 9.17) is 0 Å². The number of imide groups is 1. The van der Waals surface area contributed by atoms with Gasteiger partial charge in [0, 0.05) is 14.1 Å². The fourth-order valence-corrected chi connectivity index (χ4v) is 3.89. The van der Waals surface area contributed by atoms with E-state index in [0.717, 1.165) is 19.3 Å². The zero-order chi connectivity index (χ0) is 18.2. The average molecular weight is 337 g/mol. The molecule has 0 bridgehead atoms. The molecule has 2 atom stereocenters. The summed E-state index contributed by atoms with van der Waals surface area (Å²) in [5.41, 5.74) is -0.506. The van der Waals surface area contributed by atoms with Crippen molar-refractivity contribution in [2.45, 2.75) is 84.1 Å². The molecule has 1 heterocycles. The highest BCUT2D eigenvalue weighted by Gasteiger charge is 2.50. The molecule has 0 aliphatic carbocycles. The lowest BCUT2D eigenvalue weighted by molar-refractivity contribution is -0.146. The van der Waals surface area contributed by atoms with Crippen molar-refractivity contribution < 1.29 is 9.59 Å². The van der Waals surface area contributed by atoms with Gasteiger partial charge in [-0.25, -0.2) is 4.79 Å². The number of hydrogen-bond acceptors (Lipinski definition) is 2. The molecule has 1 saturated heterocycles. The molecule has 0 saturated carbocycles. The first kappa shape index (κ1) is 20.7. The van der Waals surface area contributed by atoms with Crippen molar-refractivity contribution in [3.8, 4) is 0 Å². The van der Waals surface area contributed by atoms with E-state index < -0.39 is 5.41 Å². The van der Waals surface area contributed by atoms with E-state index in [0.29, 0.717) is 6.42 Å². The molecule has 0 aromatic heterocycles. The Morgan fingerprint density at radius 3 is 2.12 bits per heavy atom. The third-order valence-electron chi connectivity index (χ3n) is 5.52. The number of amides is 3. The molecular weight excluding hydrogens is 300 g/mol. The van der Waals surface area contributed by atoms with E-state index in [2.05, 4.69) is 13.5 Å². The summed E-state index contributed by atoms with van der Waals surface area (Å²) in [5, 5.41) is 0. The summed E-state index contributed by atoms with van der Waals surface area (Å²) in [4.78, 5) is 28.0. The fourth-order valence-electron chi connectivity index (χ4n) is 3.89. The van der Waals surface area contributed by atoms with E-state index in [-0.39, 0.29) is 18.0 Å². The van der Waals surface area contributed by atoms with E-state index in [1.54, 1.807) is 19.0 Å². The quantitative estimate of drug-likeness (QED) is 0.394. The van der Waals surface area contributed by atoms with Crippen LogP contribution in [0.3, 0.4) is 0 Å². The van der Waals surface area contributed by atoms with Gasteiger partial charge < -0.3 is 4.90 Å². The first-order chi connectivity index (χ1) is 11.4. The van der Waals surface area contributed by atoms with Gasteiger partial charge in [0.05, 0.1) is 11.5 Å². The molecule has 0 aromatic carbocycles. The Kier molecular flexibility index (Phi) is 8.51. The Morgan fingerprint density at radius 1 is 1.04 bits per heavy atom. The molecule has 4 nitrogen and oxygen atoms in total. The van der Waals surface area contributed by atoms with Gasteiger partial charge in [0.2, 0.25) is 5.91 Å². The normalized spacial score (nSPS) is 24.6. The first-order valence-corrected chi connectivity index (χ1v) is 9.56. The summed E-state index contributed by atoms with van der Waals surface area (Å²) in [5.74, 6) is -0.0413. The van der Waals surface area contributed by atoms with Crippen LogP contribution in [0.4, 0.5) is 4.79 Å². The number of urea groups is 1. The smallest absolute Gasteiger partial charge is 0.323 e. The van der Waals surface area contributed by atoms with Crippen LogP contribution in [-0.2, 0) is 4.79 Å². The molecule has 1 rings (SSSR count). The van der Waals surface area contributed by atoms with E-state index in [1.165, 1.54) is 43.4 Å². The number of nitrogens with zero attached hydrogens (tertiary/aromatic N) is 2. The lowest BCUT2D eigenvalue weighted by Crippen LogP contribution is -2.64. The Bertz CT molecular complexity index is 435. The Balaban J connectivity index is 2.56. The van der Waals surface area contributed by atoms with Crippen LogP contribution in [0, 0.1) is 5.41 Å². The second kappa shape index (κ2) is 9.85. The summed E-state index contributed by atoms with van der Waals surface area (Å²) in [6.45, 7) is 8.06. The van der Waals surface area contributed by atoms with Gasteiger partial charge in [0.25, 0.3) is 0 Å². The minimum Gasteiger partial charge on any atom is -0.323 e. The third kappa shape index (κ3) is 4.84. The zero-order valence-corrected chi connectivity index (χ0v) is 16.1. The molecule has 1 fully saturated rings. The third-order valence-corrected chi connectivity index (χ3v) is 5.52. The maximum Gasteiger partial charge on any atom is 0.326 e. The van der Waals surface area contributed by atoms with Crippen LogP contribution in [0.5, 0.6) is 0 Å². The highest BCUT2D eigenvalue weighted by Crippen LogP contribution is 2.39. The lowest BCUT2D eigenvalue weighted by Gasteiger charge is -2.48. The second-order valence-corrected chi connectivity index (χ2v) is 7.44. The largest absolute Gasteiger partial charge is 0.326 e. The van der Waals surface area contributed by atoms with Crippen LogP contribution >= 0.6 is 0 Å². The van der Waals surface area contributed by atoms with Crippen molar-refractivity contribution in [2.75, 3.05) is 14.1 Å². The zero-order valence-electron chi connectivity index (χ0n) is 16.1. The van der Waals surface area contributed by atoms with Crippen LogP contribution in [0.15, 0.2) is 12.7 Å². The van der Waals surface area contributed by atoms with Gasteiger partial charge in [0.1, 0.15) is 0 Å². The summed E-state index contributed by atoms with van der Waals surface area (Å²) < 4.78 is 0. The van der Waals surface area contributed by atoms with Gasteiger partial charge in [0.15, 0.2) is 0 Å². The molecule has 1 aliphatic rings. The van der Waals surface area contributed by atoms with Gasteiger partial charge in [-0.2, -0.15) is 0 Å². The topological polar surface area (TPSA) is 40.6 Å². The monoisotopic (exact) mass is 336 g/mol. The fraction of sp³-hybridized carbons (Fsp3) is 0.800. The highest BCUT2D eigenvalue weighted by molar-refractivity contribution is 6.00. The molecule has 0 aromatic rings. The standard InChI is InChI=1S/C20H36N2O2/c1-6-8-9-10-11-12-13-14-16-20(3)17(15-7-2)21(4)19(24)22(5)18(20)23/h7,17H,2,6,8-16H2,1,3-5H3/t17-,20-/m0/s1. The number of hydrogen-bond donors (Lipinski definition) is 0. The minimum atomic E-state index is -0.506. The van der Waals surface area contributed by atoms with Crippen molar-refractivity contribution in [1.29, 1.82) is 0 Å². The molecule has 138 valence electrons. The second-order valence-electron chi connectivity index (χ2n) is 7.44. The maximum atomic E-state index is 12.8. The first-order valence-electron chi connectivity index (χ1n) is 9.56. The molecule has 0 unspecified atom stereocenters. The Morgan fingerprint density at radius 2 is 1.58 bits per heavy atom. The molecule has 4 heteroatoms. The Hall–Kier alpha value is -1.32. The average Bonchev–Trinajstić information content (AvgIpc) is 2.58. The van der Waals surface area contributed by atoms with Gasteiger partial charge in [-0.05, 0) is 19.8 Å². The van der Waals surface area contributed by atoms with Gasteiger partial charge >= 0.3 is 6.03 Å². The summed E-state index contributed by atoms with van der Waals surface area (Å²) in [7, 11) is 3.39. The van der Waals surface area contributed by atoms with Crippen molar-refractivity contribution in [3.05, 3.63) is 12.7 Å². The number of carbonyl (C=O) groups excluding carboxylic acids is 2. The molecule has 0 spiro atoms. The summed E-state index contributed by atoms with van der Waals surface area (Å²) >= 11 is 0. The van der Waals surface area contributed by atoms with Gasteiger partial charge in [-0.3, -0.25) is 9.69 Å². The molecule has 3 amide bonds. The molecule has 0 N–H and O–H groups in total. The van der Waals surface area contributed by atoms with Crippen LogP contribution in [0.1, 0.15) is 78.1 Å². The van der Waals surface area contributed by atoms with Crippen LogP contribution in [0.25, 0.3) is 0 Å². The van der Waals surface area contributed by atoms with Gasteiger partial charge in [-0.15, -0.1) is 6.58 Å². The number of unbranched alkanes of at least 4 members (excludes halogenated alkanes) is 7. The molecule has 0 radical (unpaired) electrons. The maximum absolute atomic E-state index is 12.8. The predicted molar refractivity (Wildman–Crippen MR) is 99.9 cm³/mol. The minimum absolute atomic E-state index is 0.0413. The van der Waals surface area contributed by atoms with E-state index in [1.807, 2.05) is 13.0 Å². The number of carbonyl (C=O) groups is 2. The Labute approximate surface area is 148 Å².